The molecular weight excluding hydrogens is 304 g/mol. The number of guanidine groups is 2. The number of unbranched alkanes of at least 4 members (excludes halogenated alkanes) is 4. The van der Waals surface area contributed by atoms with E-state index in [1.54, 1.807) is 7.05 Å². The van der Waals surface area contributed by atoms with Crippen molar-refractivity contribution in [3.05, 3.63) is 0 Å². The van der Waals surface area contributed by atoms with Crippen LogP contribution in [0.1, 0.15) is 44.9 Å². The van der Waals surface area contributed by atoms with E-state index in [4.69, 9.17) is 16.6 Å². The van der Waals surface area contributed by atoms with Crippen molar-refractivity contribution in [2.24, 2.45) is 5.73 Å². The first-order valence-corrected chi connectivity index (χ1v) is 9.16. The summed E-state index contributed by atoms with van der Waals surface area (Å²) in [6.07, 6.45) is 8.39. The summed E-state index contributed by atoms with van der Waals surface area (Å²) in [5.41, 5.74) is 5.20. The molecule has 0 aromatic carbocycles. The van der Waals surface area contributed by atoms with Crippen molar-refractivity contribution in [3.63, 3.8) is 0 Å². The van der Waals surface area contributed by atoms with Crippen LogP contribution in [-0.4, -0.2) is 58.2 Å². The molecule has 0 aliphatic rings. The standard InChI is InChI=1S/C16H38N8/c1-20-16(19)24-14-8-12-22-10-6-4-2-3-5-9-21-11-7-13-23-15(17)18/h21-22H,2-14H2,1H3,(H4,17,18,23)(H3,19,20,24). The van der Waals surface area contributed by atoms with Crippen LogP contribution in [0.5, 0.6) is 0 Å². The minimum atomic E-state index is 0.0513. The second-order valence-corrected chi connectivity index (χ2v) is 5.87. The van der Waals surface area contributed by atoms with Gasteiger partial charge in [0.05, 0.1) is 0 Å². The van der Waals surface area contributed by atoms with Crippen molar-refractivity contribution in [2.75, 3.05) is 46.3 Å². The normalized spacial score (nSPS) is 10.4. The fraction of sp³-hybridized carbons (Fsp3) is 0.875. The van der Waals surface area contributed by atoms with E-state index in [1.807, 2.05) is 0 Å². The molecule has 0 spiro atoms. The molecule has 142 valence electrons. The van der Waals surface area contributed by atoms with Gasteiger partial charge in [-0.25, -0.2) is 0 Å². The molecule has 0 amide bonds. The van der Waals surface area contributed by atoms with Gasteiger partial charge in [-0.05, 0) is 51.9 Å². The summed E-state index contributed by atoms with van der Waals surface area (Å²) in [6.45, 7) is 5.75. The monoisotopic (exact) mass is 342 g/mol. The summed E-state index contributed by atoms with van der Waals surface area (Å²) in [5.74, 6) is 0.438. The lowest BCUT2D eigenvalue weighted by Gasteiger charge is -2.08. The van der Waals surface area contributed by atoms with Crippen molar-refractivity contribution in [1.29, 1.82) is 10.8 Å². The summed E-state index contributed by atoms with van der Waals surface area (Å²) >= 11 is 0. The fourth-order valence-electron chi connectivity index (χ4n) is 2.23. The Morgan fingerprint density at radius 2 is 1.12 bits per heavy atom. The Balaban J connectivity index is 3.03. The van der Waals surface area contributed by atoms with Gasteiger partial charge < -0.3 is 32.3 Å². The predicted octanol–water partition coefficient (Wildman–Crippen LogP) is 0.123. The van der Waals surface area contributed by atoms with Gasteiger partial charge in [0, 0.05) is 20.1 Å². The van der Waals surface area contributed by atoms with E-state index in [9.17, 15) is 0 Å². The Kier molecular flexibility index (Phi) is 16.7. The van der Waals surface area contributed by atoms with Crippen molar-refractivity contribution in [3.8, 4) is 0 Å². The van der Waals surface area contributed by atoms with Crippen LogP contribution in [0.25, 0.3) is 0 Å². The highest BCUT2D eigenvalue weighted by Crippen LogP contribution is 2.01. The summed E-state index contributed by atoms with van der Waals surface area (Å²) in [6, 6.07) is 0. The summed E-state index contributed by atoms with van der Waals surface area (Å²) in [7, 11) is 1.75. The lowest BCUT2D eigenvalue weighted by atomic mass is 10.1. The van der Waals surface area contributed by atoms with Crippen LogP contribution in [0.4, 0.5) is 0 Å². The number of nitrogens with one attached hydrogen (secondary N) is 7. The number of hydrogen-bond acceptors (Lipinski definition) is 4. The Bertz CT molecular complexity index is 308. The van der Waals surface area contributed by atoms with E-state index in [0.29, 0.717) is 5.96 Å². The molecule has 8 heteroatoms. The summed E-state index contributed by atoms with van der Waals surface area (Å²) < 4.78 is 0. The third-order valence-corrected chi connectivity index (χ3v) is 3.63. The van der Waals surface area contributed by atoms with Gasteiger partial charge in [0.1, 0.15) is 0 Å². The van der Waals surface area contributed by atoms with E-state index in [-0.39, 0.29) is 5.96 Å². The van der Waals surface area contributed by atoms with Gasteiger partial charge in [-0.2, -0.15) is 0 Å². The van der Waals surface area contributed by atoms with Crippen molar-refractivity contribution >= 4 is 11.9 Å². The summed E-state index contributed by atoms with van der Waals surface area (Å²) in [4.78, 5) is 0. The first-order chi connectivity index (χ1) is 11.7. The Labute approximate surface area is 147 Å². The first kappa shape index (κ1) is 22.5. The van der Waals surface area contributed by atoms with Crippen LogP contribution in [-0.2, 0) is 0 Å². The summed E-state index contributed by atoms with van der Waals surface area (Å²) in [5, 5.41) is 29.8. The molecule has 0 aromatic rings. The van der Waals surface area contributed by atoms with E-state index in [1.165, 1.54) is 32.1 Å². The largest absolute Gasteiger partial charge is 0.370 e. The zero-order valence-electron chi connectivity index (χ0n) is 15.3. The molecule has 0 fully saturated rings. The lowest BCUT2D eigenvalue weighted by Crippen LogP contribution is -2.35. The van der Waals surface area contributed by atoms with Crippen LogP contribution >= 0.6 is 0 Å². The van der Waals surface area contributed by atoms with Crippen LogP contribution in [0.2, 0.25) is 0 Å². The average Bonchev–Trinajstić information content (AvgIpc) is 2.57. The molecule has 0 saturated heterocycles. The zero-order valence-corrected chi connectivity index (χ0v) is 15.3. The van der Waals surface area contributed by atoms with E-state index in [0.717, 1.165) is 52.1 Å². The molecular formula is C16H38N8. The van der Waals surface area contributed by atoms with E-state index in [2.05, 4.69) is 26.6 Å². The Morgan fingerprint density at radius 1 is 0.667 bits per heavy atom. The van der Waals surface area contributed by atoms with Gasteiger partial charge in [0.15, 0.2) is 11.9 Å². The first-order valence-electron chi connectivity index (χ1n) is 9.16. The molecule has 8 nitrogen and oxygen atoms in total. The van der Waals surface area contributed by atoms with Gasteiger partial charge in [-0.15, -0.1) is 0 Å². The molecule has 0 aliphatic heterocycles. The highest BCUT2D eigenvalue weighted by Gasteiger charge is 1.94. The molecule has 0 unspecified atom stereocenters. The SMILES string of the molecule is CNC(=N)NCCCNCCCCCCCNCCCNC(=N)N. The Hall–Kier alpha value is -1.54. The minimum Gasteiger partial charge on any atom is -0.370 e. The zero-order chi connectivity index (χ0) is 17.9. The third-order valence-electron chi connectivity index (χ3n) is 3.63. The second kappa shape index (κ2) is 17.8. The van der Waals surface area contributed by atoms with Gasteiger partial charge in [0.25, 0.3) is 0 Å². The van der Waals surface area contributed by atoms with Crippen molar-refractivity contribution < 1.29 is 0 Å². The lowest BCUT2D eigenvalue weighted by molar-refractivity contribution is 0.546. The molecule has 0 rings (SSSR count). The van der Waals surface area contributed by atoms with Crippen LogP contribution in [0, 0.1) is 10.8 Å². The van der Waals surface area contributed by atoms with Crippen LogP contribution in [0.3, 0.4) is 0 Å². The molecule has 0 aromatic heterocycles. The van der Waals surface area contributed by atoms with Crippen LogP contribution in [0.15, 0.2) is 0 Å². The molecule has 0 heterocycles. The molecule has 9 N–H and O–H groups in total. The van der Waals surface area contributed by atoms with E-state index < -0.39 is 0 Å². The van der Waals surface area contributed by atoms with Gasteiger partial charge in [-0.3, -0.25) is 10.8 Å². The average molecular weight is 343 g/mol. The molecule has 24 heavy (non-hydrogen) atoms. The maximum absolute atomic E-state index is 7.37. The quantitative estimate of drug-likeness (QED) is 0.114. The van der Waals surface area contributed by atoms with Gasteiger partial charge in [0.2, 0.25) is 0 Å². The second-order valence-electron chi connectivity index (χ2n) is 5.87. The maximum Gasteiger partial charge on any atom is 0.188 e. The highest BCUT2D eigenvalue weighted by atomic mass is 15.1. The van der Waals surface area contributed by atoms with Gasteiger partial charge >= 0.3 is 0 Å². The number of rotatable bonds is 16. The predicted molar refractivity (Wildman–Crippen MR) is 103 cm³/mol. The number of nitrogens with two attached hydrogens (primary N) is 1. The van der Waals surface area contributed by atoms with E-state index >= 15 is 0 Å². The van der Waals surface area contributed by atoms with Crippen molar-refractivity contribution in [1.82, 2.24) is 26.6 Å². The topological polar surface area (TPSA) is 134 Å². The molecule has 0 atom stereocenters. The molecule has 0 saturated carbocycles. The Morgan fingerprint density at radius 3 is 1.62 bits per heavy atom. The fourth-order valence-corrected chi connectivity index (χ4v) is 2.23. The molecule has 0 radical (unpaired) electrons. The molecule has 0 aliphatic carbocycles. The third kappa shape index (κ3) is 18.5. The smallest absolute Gasteiger partial charge is 0.188 e. The molecule has 0 bridgehead atoms. The van der Waals surface area contributed by atoms with Crippen molar-refractivity contribution in [2.45, 2.75) is 44.9 Å². The van der Waals surface area contributed by atoms with Crippen LogP contribution < -0.4 is 32.3 Å². The highest BCUT2D eigenvalue weighted by molar-refractivity contribution is 5.75. The maximum atomic E-state index is 7.37. The minimum absolute atomic E-state index is 0.0513. The number of hydrogen-bond donors (Lipinski definition) is 8. The van der Waals surface area contributed by atoms with Gasteiger partial charge in [-0.1, -0.05) is 19.3 Å².